The lowest BCUT2D eigenvalue weighted by Gasteiger charge is -2.08. The van der Waals surface area contributed by atoms with Crippen LogP contribution in [0.15, 0.2) is 0 Å². The average Bonchev–Trinajstić information content (AvgIpc) is 2.57. The van der Waals surface area contributed by atoms with E-state index in [0.717, 1.165) is 45.2 Å². The molecule has 0 aromatic rings. The van der Waals surface area contributed by atoms with Crippen LogP contribution in [0.5, 0.6) is 0 Å². The Labute approximate surface area is 74.4 Å². The van der Waals surface area contributed by atoms with Crippen LogP contribution in [0.4, 0.5) is 0 Å². The van der Waals surface area contributed by atoms with Gasteiger partial charge in [-0.2, -0.15) is 0 Å². The summed E-state index contributed by atoms with van der Waals surface area (Å²) in [5.74, 6) is 0.743. The molecule has 1 heterocycles. The molecular formula is C9H19NO2. The lowest BCUT2D eigenvalue weighted by atomic mass is 10.1. The lowest BCUT2D eigenvalue weighted by Crippen LogP contribution is -2.14. The molecular weight excluding hydrogens is 154 g/mol. The van der Waals surface area contributed by atoms with Gasteiger partial charge in [-0.1, -0.05) is 0 Å². The zero-order chi connectivity index (χ0) is 8.65. The normalized spacial score (nSPS) is 23.2. The van der Waals surface area contributed by atoms with Crippen molar-refractivity contribution in [2.45, 2.75) is 12.8 Å². The van der Waals surface area contributed by atoms with Crippen molar-refractivity contribution in [1.82, 2.24) is 5.32 Å². The standard InChI is InChI=1S/C9H19NO2/c1-11-5-2-6-12-8-9-3-4-10-7-9/h9-10H,2-8H2,1H3/t9-/m0/s1. The molecule has 12 heavy (non-hydrogen) atoms. The molecule has 1 rings (SSSR count). The van der Waals surface area contributed by atoms with Crippen molar-refractivity contribution in [1.29, 1.82) is 0 Å². The largest absolute Gasteiger partial charge is 0.385 e. The molecule has 1 fully saturated rings. The predicted molar refractivity (Wildman–Crippen MR) is 48.3 cm³/mol. The van der Waals surface area contributed by atoms with Gasteiger partial charge in [0.15, 0.2) is 0 Å². The van der Waals surface area contributed by atoms with Crippen molar-refractivity contribution in [2.24, 2.45) is 5.92 Å². The third-order valence-corrected chi connectivity index (χ3v) is 2.15. The van der Waals surface area contributed by atoms with E-state index < -0.39 is 0 Å². The smallest absolute Gasteiger partial charge is 0.0506 e. The topological polar surface area (TPSA) is 30.5 Å². The molecule has 0 amide bonds. The maximum Gasteiger partial charge on any atom is 0.0506 e. The molecule has 0 aromatic carbocycles. The van der Waals surface area contributed by atoms with E-state index in [1.54, 1.807) is 7.11 Å². The van der Waals surface area contributed by atoms with Gasteiger partial charge in [-0.25, -0.2) is 0 Å². The van der Waals surface area contributed by atoms with E-state index in [1.807, 2.05) is 0 Å². The molecule has 1 aliphatic rings. The van der Waals surface area contributed by atoms with E-state index >= 15 is 0 Å². The first-order valence-corrected chi connectivity index (χ1v) is 4.71. The number of methoxy groups -OCH3 is 1. The minimum Gasteiger partial charge on any atom is -0.385 e. The van der Waals surface area contributed by atoms with Crippen molar-refractivity contribution in [3.05, 3.63) is 0 Å². The molecule has 0 unspecified atom stereocenters. The molecule has 0 aromatic heterocycles. The van der Waals surface area contributed by atoms with Crippen LogP contribution >= 0.6 is 0 Å². The van der Waals surface area contributed by atoms with Gasteiger partial charge in [-0.05, 0) is 25.3 Å². The summed E-state index contributed by atoms with van der Waals surface area (Å²) in [5.41, 5.74) is 0. The maximum atomic E-state index is 5.50. The molecule has 1 saturated heterocycles. The molecule has 0 radical (unpaired) electrons. The minimum atomic E-state index is 0.743. The summed E-state index contributed by atoms with van der Waals surface area (Å²) >= 11 is 0. The van der Waals surface area contributed by atoms with Gasteiger partial charge in [0, 0.05) is 26.9 Å². The van der Waals surface area contributed by atoms with Crippen molar-refractivity contribution >= 4 is 0 Å². The Morgan fingerprint density at radius 2 is 2.33 bits per heavy atom. The predicted octanol–water partition coefficient (Wildman–Crippen LogP) is 0.649. The van der Waals surface area contributed by atoms with Gasteiger partial charge >= 0.3 is 0 Å². The number of nitrogens with one attached hydrogen (secondary N) is 1. The highest BCUT2D eigenvalue weighted by Gasteiger charge is 2.13. The van der Waals surface area contributed by atoms with E-state index in [0.29, 0.717) is 0 Å². The van der Waals surface area contributed by atoms with Crippen molar-refractivity contribution in [3.63, 3.8) is 0 Å². The second kappa shape index (κ2) is 6.40. The third-order valence-electron chi connectivity index (χ3n) is 2.15. The molecule has 1 atom stereocenters. The van der Waals surface area contributed by atoms with E-state index in [9.17, 15) is 0 Å². The van der Waals surface area contributed by atoms with Gasteiger partial charge in [0.25, 0.3) is 0 Å². The van der Waals surface area contributed by atoms with Gasteiger partial charge in [0.2, 0.25) is 0 Å². The summed E-state index contributed by atoms with van der Waals surface area (Å²) < 4.78 is 10.4. The third kappa shape index (κ3) is 4.04. The van der Waals surface area contributed by atoms with E-state index in [4.69, 9.17) is 9.47 Å². The first kappa shape index (κ1) is 9.96. The monoisotopic (exact) mass is 173 g/mol. The van der Waals surface area contributed by atoms with Gasteiger partial charge in [-0.15, -0.1) is 0 Å². The number of ether oxygens (including phenoxy) is 2. The fourth-order valence-electron chi connectivity index (χ4n) is 1.41. The fraction of sp³-hybridized carbons (Fsp3) is 1.00. The van der Waals surface area contributed by atoms with Crippen LogP contribution < -0.4 is 5.32 Å². The first-order valence-electron chi connectivity index (χ1n) is 4.71. The van der Waals surface area contributed by atoms with Crippen LogP contribution in [0, 0.1) is 5.92 Å². The minimum absolute atomic E-state index is 0.743. The van der Waals surface area contributed by atoms with Crippen LogP contribution in [0.3, 0.4) is 0 Å². The van der Waals surface area contributed by atoms with Gasteiger partial charge in [-0.3, -0.25) is 0 Å². The Kier molecular flexibility index (Phi) is 5.32. The number of hydrogen-bond acceptors (Lipinski definition) is 3. The Hall–Kier alpha value is -0.120. The SMILES string of the molecule is COCCCOC[C@H]1CCNC1. The molecule has 1 aliphatic heterocycles. The van der Waals surface area contributed by atoms with E-state index in [-0.39, 0.29) is 0 Å². The zero-order valence-electron chi connectivity index (χ0n) is 7.84. The highest BCUT2D eigenvalue weighted by Crippen LogP contribution is 2.07. The first-order chi connectivity index (χ1) is 5.93. The van der Waals surface area contributed by atoms with Crippen LogP contribution in [-0.4, -0.2) is 40.0 Å². The highest BCUT2D eigenvalue weighted by molar-refractivity contribution is 4.69. The quantitative estimate of drug-likeness (QED) is 0.598. The summed E-state index contributed by atoms with van der Waals surface area (Å²) in [4.78, 5) is 0. The molecule has 3 heteroatoms. The Morgan fingerprint density at radius 1 is 1.42 bits per heavy atom. The zero-order valence-corrected chi connectivity index (χ0v) is 7.84. The van der Waals surface area contributed by atoms with E-state index in [2.05, 4.69) is 5.32 Å². The summed E-state index contributed by atoms with van der Waals surface area (Å²) in [6, 6.07) is 0. The molecule has 1 N–H and O–H groups in total. The van der Waals surface area contributed by atoms with Gasteiger partial charge in [0.1, 0.15) is 0 Å². The molecule has 0 bridgehead atoms. The molecule has 0 aliphatic carbocycles. The Morgan fingerprint density at radius 3 is 3.00 bits per heavy atom. The summed E-state index contributed by atoms with van der Waals surface area (Å²) in [6.07, 6.45) is 2.28. The lowest BCUT2D eigenvalue weighted by molar-refractivity contribution is 0.0828. The molecule has 0 spiro atoms. The fourth-order valence-corrected chi connectivity index (χ4v) is 1.41. The average molecular weight is 173 g/mol. The van der Waals surface area contributed by atoms with Crippen molar-refractivity contribution in [3.8, 4) is 0 Å². The van der Waals surface area contributed by atoms with Crippen LogP contribution in [0.25, 0.3) is 0 Å². The van der Waals surface area contributed by atoms with E-state index in [1.165, 1.54) is 6.42 Å². The summed E-state index contributed by atoms with van der Waals surface area (Å²) in [6.45, 7) is 4.85. The van der Waals surface area contributed by atoms with Crippen LogP contribution in [-0.2, 0) is 9.47 Å². The Balaban J connectivity index is 1.81. The molecule has 72 valence electrons. The number of rotatable bonds is 6. The molecule has 0 saturated carbocycles. The van der Waals surface area contributed by atoms with Crippen LogP contribution in [0.1, 0.15) is 12.8 Å². The summed E-state index contributed by atoms with van der Waals surface area (Å²) in [5, 5.41) is 3.32. The van der Waals surface area contributed by atoms with Crippen molar-refractivity contribution < 1.29 is 9.47 Å². The Bertz CT molecular complexity index is 103. The van der Waals surface area contributed by atoms with Gasteiger partial charge < -0.3 is 14.8 Å². The molecule has 3 nitrogen and oxygen atoms in total. The second-order valence-corrected chi connectivity index (χ2v) is 3.28. The van der Waals surface area contributed by atoms with Crippen molar-refractivity contribution in [2.75, 3.05) is 40.0 Å². The maximum absolute atomic E-state index is 5.50. The highest BCUT2D eigenvalue weighted by atomic mass is 16.5. The van der Waals surface area contributed by atoms with Crippen LogP contribution in [0.2, 0.25) is 0 Å². The second-order valence-electron chi connectivity index (χ2n) is 3.28. The number of hydrogen-bond donors (Lipinski definition) is 1. The van der Waals surface area contributed by atoms with Gasteiger partial charge in [0.05, 0.1) is 6.61 Å². The summed E-state index contributed by atoms with van der Waals surface area (Å²) in [7, 11) is 1.72.